The van der Waals surface area contributed by atoms with Crippen LogP contribution < -0.4 is 10.9 Å². The Kier molecular flexibility index (Phi) is 5.19. The van der Waals surface area contributed by atoms with Gasteiger partial charge in [0.05, 0.1) is 11.9 Å². The van der Waals surface area contributed by atoms with E-state index in [2.05, 4.69) is 45.4 Å². The van der Waals surface area contributed by atoms with Gasteiger partial charge in [0.1, 0.15) is 4.47 Å². The topological polar surface area (TPSA) is 46.9 Å². The van der Waals surface area contributed by atoms with E-state index in [1.165, 1.54) is 4.68 Å². The van der Waals surface area contributed by atoms with E-state index in [-0.39, 0.29) is 5.56 Å². The van der Waals surface area contributed by atoms with E-state index in [0.29, 0.717) is 17.1 Å². The van der Waals surface area contributed by atoms with E-state index in [1.54, 1.807) is 6.20 Å². The monoisotopic (exact) mass is 325 g/mol. The standard InChI is InChI=1S/C14H20BrN3O/c1-2-3-9-18-14(19)13(15)12(10-16-18)17-11-7-5-4-6-8-11/h4-5,10-11,17H,2-3,6-9H2,1H3. The Morgan fingerprint density at radius 2 is 2.37 bits per heavy atom. The van der Waals surface area contributed by atoms with Crippen molar-refractivity contribution >= 4 is 21.6 Å². The first-order chi connectivity index (χ1) is 9.22. The van der Waals surface area contributed by atoms with Crippen molar-refractivity contribution < 1.29 is 0 Å². The van der Waals surface area contributed by atoms with Crippen LogP contribution in [0.2, 0.25) is 0 Å². The third-order valence-electron chi connectivity index (χ3n) is 3.34. The molecule has 5 heteroatoms. The number of hydrogen-bond acceptors (Lipinski definition) is 3. The molecule has 1 aromatic rings. The Morgan fingerprint density at radius 1 is 1.53 bits per heavy atom. The highest BCUT2D eigenvalue weighted by atomic mass is 79.9. The summed E-state index contributed by atoms with van der Waals surface area (Å²) < 4.78 is 2.12. The molecule has 0 spiro atoms. The van der Waals surface area contributed by atoms with Crippen molar-refractivity contribution in [1.29, 1.82) is 0 Å². The fourth-order valence-corrected chi connectivity index (χ4v) is 2.60. The SMILES string of the molecule is CCCCn1ncc(NC2CC=CCC2)c(Br)c1=O. The second kappa shape index (κ2) is 6.89. The zero-order valence-corrected chi connectivity index (χ0v) is 12.8. The number of aryl methyl sites for hydroxylation is 1. The third-order valence-corrected chi connectivity index (χ3v) is 4.10. The average molecular weight is 326 g/mol. The molecular formula is C14H20BrN3O. The maximum absolute atomic E-state index is 12.1. The van der Waals surface area contributed by atoms with E-state index in [9.17, 15) is 4.79 Å². The normalized spacial score (nSPS) is 18.5. The number of halogens is 1. The molecule has 0 fully saturated rings. The van der Waals surface area contributed by atoms with Crippen LogP contribution in [0.5, 0.6) is 0 Å². The van der Waals surface area contributed by atoms with Gasteiger partial charge in [-0.1, -0.05) is 25.5 Å². The minimum Gasteiger partial charge on any atom is -0.380 e. The van der Waals surface area contributed by atoms with Crippen LogP contribution in [-0.4, -0.2) is 15.8 Å². The molecule has 0 saturated heterocycles. The van der Waals surface area contributed by atoms with Crippen LogP contribution >= 0.6 is 15.9 Å². The van der Waals surface area contributed by atoms with E-state index in [1.807, 2.05) is 0 Å². The lowest BCUT2D eigenvalue weighted by Crippen LogP contribution is -2.27. The minimum absolute atomic E-state index is 0.0511. The molecule has 0 saturated carbocycles. The van der Waals surface area contributed by atoms with Crippen molar-refractivity contribution in [3.05, 3.63) is 33.2 Å². The second-order valence-corrected chi connectivity index (χ2v) is 5.67. The fraction of sp³-hybridized carbons (Fsp3) is 0.571. The van der Waals surface area contributed by atoms with Gasteiger partial charge in [-0.3, -0.25) is 4.79 Å². The molecule has 4 nitrogen and oxygen atoms in total. The number of hydrogen-bond donors (Lipinski definition) is 1. The molecule has 0 aliphatic heterocycles. The Labute approximate surface area is 122 Å². The molecule has 1 heterocycles. The van der Waals surface area contributed by atoms with Gasteiger partial charge in [-0.15, -0.1) is 0 Å². The van der Waals surface area contributed by atoms with Crippen molar-refractivity contribution in [2.24, 2.45) is 0 Å². The van der Waals surface area contributed by atoms with Gasteiger partial charge < -0.3 is 5.32 Å². The van der Waals surface area contributed by atoms with Gasteiger partial charge >= 0.3 is 0 Å². The van der Waals surface area contributed by atoms with Gasteiger partial charge in [0.15, 0.2) is 0 Å². The first-order valence-electron chi connectivity index (χ1n) is 6.89. The van der Waals surface area contributed by atoms with Crippen LogP contribution in [0.1, 0.15) is 39.0 Å². The van der Waals surface area contributed by atoms with E-state index in [0.717, 1.165) is 37.8 Å². The molecule has 1 aliphatic rings. The van der Waals surface area contributed by atoms with Crippen LogP contribution in [0.15, 0.2) is 27.6 Å². The Morgan fingerprint density at radius 3 is 3.05 bits per heavy atom. The Hall–Kier alpha value is -1.10. The third kappa shape index (κ3) is 3.69. The van der Waals surface area contributed by atoms with Crippen molar-refractivity contribution in [1.82, 2.24) is 9.78 Å². The zero-order chi connectivity index (χ0) is 13.7. The van der Waals surface area contributed by atoms with Crippen molar-refractivity contribution in [2.45, 2.75) is 51.6 Å². The number of anilines is 1. The highest BCUT2D eigenvalue weighted by Gasteiger charge is 2.14. The van der Waals surface area contributed by atoms with Gasteiger partial charge in [-0.25, -0.2) is 4.68 Å². The van der Waals surface area contributed by atoms with E-state index < -0.39 is 0 Å². The molecular weight excluding hydrogens is 306 g/mol. The molecule has 1 atom stereocenters. The lowest BCUT2D eigenvalue weighted by Gasteiger charge is -2.21. The molecule has 0 aromatic carbocycles. The number of aromatic nitrogens is 2. The highest BCUT2D eigenvalue weighted by Crippen LogP contribution is 2.21. The summed E-state index contributed by atoms with van der Waals surface area (Å²) in [6, 6.07) is 0.397. The summed E-state index contributed by atoms with van der Waals surface area (Å²) in [6.07, 6.45) is 11.4. The van der Waals surface area contributed by atoms with E-state index in [4.69, 9.17) is 0 Å². The maximum Gasteiger partial charge on any atom is 0.283 e. The van der Waals surface area contributed by atoms with Gasteiger partial charge in [0.25, 0.3) is 5.56 Å². The van der Waals surface area contributed by atoms with Crippen LogP contribution in [-0.2, 0) is 6.54 Å². The smallest absolute Gasteiger partial charge is 0.283 e. The second-order valence-electron chi connectivity index (χ2n) is 4.88. The summed E-state index contributed by atoms with van der Waals surface area (Å²) >= 11 is 3.40. The summed E-state index contributed by atoms with van der Waals surface area (Å²) in [6.45, 7) is 2.78. The molecule has 1 aliphatic carbocycles. The average Bonchev–Trinajstić information content (AvgIpc) is 2.44. The quantitative estimate of drug-likeness (QED) is 0.845. The summed E-state index contributed by atoms with van der Waals surface area (Å²) in [5.41, 5.74) is 0.753. The van der Waals surface area contributed by atoms with Gasteiger partial charge in [0.2, 0.25) is 0 Å². The fourth-order valence-electron chi connectivity index (χ4n) is 2.18. The summed E-state index contributed by atoms with van der Waals surface area (Å²) in [4.78, 5) is 12.1. The molecule has 1 N–H and O–H groups in total. The van der Waals surface area contributed by atoms with Crippen LogP contribution in [0, 0.1) is 0 Å². The summed E-state index contributed by atoms with van der Waals surface area (Å²) in [5.74, 6) is 0. The van der Waals surface area contributed by atoms with Crippen molar-refractivity contribution in [3.63, 3.8) is 0 Å². The number of allylic oxidation sites excluding steroid dienone is 1. The molecule has 1 unspecified atom stereocenters. The lowest BCUT2D eigenvalue weighted by molar-refractivity contribution is 0.540. The van der Waals surface area contributed by atoms with Crippen LogP contribution in [0.3, 0.4) is 0 Å². The number of nitrogens with zero attached hydrogens (tertiary/aromatic N) is 2. The van der Waals surface area contributed by atoms with Crippen molar-refractivity contribution in [3.8, 4) is 0 Å². The van der Waals surface area contributed by atoms with Crippen LogP contribution in [0.4, 0.5) is 5.69 Å². The molecule has 19 heavy (non-hydrogen) atoms. The predicted molar refractivity (Wildman–Crippen MR) is 81.5 cm³/mol. The molecule has 2 rings (SSSR count). The number of unbranched alkanes of at least 4 members (excludes halogenated alkanes) is 1. The molecule has 1 aromatic heterocycles. The zero-order valence-electron chi connectivity index (χ0n) is 11.2. The maximum atomic E-state index is 12.1. The Bertz CT molecular complexity index is 510. The lowest BCUT2D eigenvalue weighted by atomic mass is 10.0. The number of nitrogens with one attached hydrogen (secondary N) is 1. The van der Waals surface area contributed by atoms with Gasteiger partial charge in [-0.2, -0.15) is 5.10 Å². The van der Waals surface area contributed by atoms with Gasteiger partial charge in [-0.05, 0) is 41.6 Å². The Balaban J connectivity index is 2.11. The first kappa shape index (κ1) is 14.3. The van der Waals surface area contributed by atoms with E-state index >= 15 is 0 Å². The summed E-state index contributed by atoms with van der Waals surface area (Å²) in [5, 5.41) is 7.64. The first-order valence-corrected chi connectivity index (χ1v) is 7.68. The predicted octanol–water partition coefficient (Wildman–Crippen LogP) is 3.33. The molecule has 0 amide bonds. The number of rotatable bonds is 5. The summed E-state index contributed by atoms with van der Waals surface area (Å²) in [7, 11) is 0. The largest absolute Gasteiger partial charge is 0.380 e. The highest BCUT2D eigenvalue weighted by molar-refractivity contribution is 9.10. The van der Waals surface area contributed by atoms with Crippen molar-refractivity contribution in [2.75, 3.05) is 5.32 Å². The molecule has 0 radical (unpaired) electrons. The minimum atomic E-state index is -0.0511. The molecule has 104 valence electrons. The van der Waals surface area contributed by atoms with Crippen LogP contribution in [0.25, 0.3) is 0 Å². The molecule has 0 bridgehead atoms. The van der Waals surface area contributed by atoms with Gasteiger partial charge in [0, 0.05) is 12.6 Å².